The number of nitrogens with two attached hydrogens (primary N) is 1. The first-order chi connectivity index (χ1) is 8.43. The normalized spacial score (nSPS) is 10.6. The van der Waals surface area contributed by atoms with Crippen LogP contribution in [0.15, 0.2) is 30.3 Å². The maximum Gasteiger partial charge on any atom is 0.00767 e. The molecule has 3 nitrogen and oxygen atoms in total. The van der Waals surface area contributed by atoms with E-state index in [9.17, 15) is 0 Å². The molecule has 0 saturated heterocycles. The van der Waals surface area contributed by atoms with E-state index in [0.717, 1.165) is 45.6 Å². The summed E-state index contributed by atoms with van der Waals surface area (Å²) in [5.41, 5.74) is 6.83. The van der Waals surface area contributed by atoms with Crippen molar-refractivity contribution in [3.63, 3.8) is 0 Å². The first kappa shape index (κ1) is 14.2. The van der Waals surface area contributed by atoms with Crippen LogP contribution >= 0.6 is 0 Å². The number of benzene rings is 1. The van der Waals surface area contributed by atoms with Crippen molar-refractivity contribution in [2.45, 2.75) is 19.3 Å². The minimum atomic E-state index is 0.775. The summed E-state index contributed by atoms with van der Waals surface area (Å²) < 4.78 is 0. The van der Waals surface area contributed by atoms with Crippen LogP contribution in [0.25, 0.3) is 0 Å². The van der Waals surface area contributed by atoms with E-state index in [0.29, 0.717) is 0 Å². The van der Waals surface area contributed by atoms with E-state index in [-0.39, 0.29) is 0 Å². The topological polar surface area (TPSA) is 50.1 Å². The third kappa shape index (κ3) is 7.91. The van der Waals surface area contributed by atoms with Gasteiger partial charge in [-0.15, -0.1) is 0 Å². The zero-order chi connectivity index (χ0) is 12.2. The van der Waals surface area contributed by atoms with E-state index in [1.54, 1.807) is 0 Å². The molecule has 4 N–H and O–H groups in total. The Kier molecular flexibility index (Phi) is 8.55. The second-order valence-corrected chi connectivity index (χ2v) is 4.23. The molecule has 0 aromatic heterocycles. The van der Waals surface area contributed by atoms with E-state index in [4.69, 9.17) is 5.73 Å². The third-order valence-electron chi connectivity index (χ3n) is 2.70. The van der Waals surface area contributed by atoms with Gasteiger partial charge in [0.25, 0.3) is 0 Å². The summed E-state index contributed by atoms with van der Waals surface area (Å²) in [7, 11) is 0. The summed E-state index contributed by atoms with van der Waals surface area (Å²) in [6.07, 6.45) is 3.43. The maximum atomic E-state index is 5.41. The van der Waals surface area contributed by atoms with Gasteiger partial charge in [0, 0.05) is 13.1 Å². The van der Waals surface area contributed by atoms with Crippen molar-refractivity contribution in [3.05, 3.63) is 35.9 Å². The third-order valence-corrected chi connectivity index (χ3v) is 2.70. The fourth-order valence-electron chi connectivity index (χ4n) is 1.72. The van der Waals surface area contributed by atoms with Gasteiger partial charge in [0.2, 0.25) is 0 Å². The molecule has 0 aliphatic carbocycles. The SMILES string of the molecule is NCCCNCCNCCCc1ccccc1. The van der Waals surface area contributed by atoms with E-state index >= 15 is 0 Å². The second kappa shape index (κ2) is 10.3. The Balaban J connectivity index is 1.85. The standard InChI is InChI=1S/C14H25N3/c15-9-5-11-17-13-12-16-10-4-8-14-6-2-1-3-7-14/h1-3,6-7,16-17H,4-5,8-13,15H2. The quantitative estimate of drug-likeness (QED) is 0.533. The Morgan fingerprint density at radius 3 is 2.12 bits per heavy atom. The molecule has 0 atom stereocenters. The smallest absolute Gasteiger partial charge is 0.00767 e. The van der Waals surface area contributed by atoms with Crippen LogP contribution < -0.4 is 16.4 Å². The van der Waals surface area contributed by atoms with Gasteiger partial charge in [-0.25, -0.2) is 0 Å². The first-order valence-corrected chi connectivity index (χ1v) is 6.59. The highest BCUT2D eigenvalue weighted by molar-refractivity contribution is 5.14. The zero-order valence-electron chi connectivity index (χ0n) is 10.6. The lowest BCUT2D eigenvalue weighted by Crippen LogP contribution is -2.29. The molecule has 0 radical (unpaired) electrons. The molecule has 1 rings (SSSR count). The van der Waals surface area contributed by atoms with Crippen LogP contribution in [-0.2, 0) is 6.42 Å². The van der Waals surface area contributed by atoms with Gasteiger partial charge in [-0.1, -0.05) is 30.3 Å². The molecule has 0 amide bonds. The molecule has 17 heavy (non-hydrogen) atoms. The largest absolute Gasteiger partial charge is 0.330 e. The van der Waals surface area contributed by atoms with Crippen molar-refractivity contribution in [2.75, 3.05) is 32.7 Å². The Bertz CT molecular complexity index is 261. The summed E-state index contributed by atoms with van der Waals surface area (Å²) >= 11 is 0. The molecule has 1 aromatic rings. The molecular formula is C14H25N3. The van der Waals surface area contributed by atoms with Crippen molar-refractivity contribution < 1.29 is 0 Å². The molecule has 0 bridgehead atoms. The van der Waals surface area contributed by atoms with E-state index in [2.05, 4.69) is 41.0 Å². The number of nitrogens with one attached hydrogen (secondary N) is 2. The minimum Gasteiger partial charge on any atom is -0.330 e. The van der Waals surface area contributed by atoms with Crippen molar-refractivity contribution in [3.8, 4) is 0 Å². The monoisotopic (exact) mass is 235 g/mol. The number of aryl methyl sites for hydroxylation is 1. The Labute approximate surface area is 105 Å². The van der Waals surface area contributed by atoms with Crippen LogP contribution in [0, 0.1) is 0 Å². The minimum absolute atomic E-state index is 0.775. The highest BCUT2D eigenvalue weighted by Gasteiger charge is 1.92. The molecule has 0 heterocycles. The van der Waals surface area contributed by atoms with Gasteiger partial charge in [-0.3, -0.25) is 0 Å². The average Bonchev–Trinajstić information content (AvgIpc) is 2.38. The van der Waals surface area contributed by atoms with E-state index in [1.807, 2.05) is 0 Å². The molecule has 0 unspecified atom stereocenters. The van der Waals surface area contributed by atoms with Gasteiger partial charge in [0.05, 0.1) is 0 Å². The predicted octanol–water partition coefficient (Wildman–Crippen LogP) is 1.15. The molecule has 96 valence electrons. The van der Waals surface area contributed by atoms with Gasteiger partial charge in [0.1, 0.15) is 0 Å². The van der Waals surface area contributed by atoms with E-state index in [1.165, 1.54) is 12.0 Å². The number of hydrogen-bond acceptors (Lipinski definition) is 3. The fraction of sp³-hybridized carbons (Fsp3) is 0.571. The average molecular weight is 235 g/mol. The van der Waals surface area contributed by atoms with Gasteiger partial charge in [0.15, 0.2) is 0 Å². The van der Waals surface area contributed by atoms with Crippen LogP contribution in [0.5, 0.6) is 0 Å². The first-order valence-electron chi connectivity index (χ1n) is 6.59. The fourth-order valence-corrected chi connectivity index (χ4v) is 1.72. The summed E-state index contributed by atoms with van der Waals surface area (Å²) in [4.78, 5) is 0. The van der Waals surface area contributed by atoms with Crippen LogP contribution in [-0.4, -0.2) is 32.7 Å². The highest BCUT2D eigenvalue weighted by Crippen LogP contribution is 2.01. The molecular weight excluding hydrogens is 210 g/mol. The van der Waals surface area contributed by atoms with Crippen LogP contribution in [0.4, 0.5) is 0 Å². The summed E-state index contributed by atoms with van der Waals surface area (Å²) in [5, 5.41) is 6.79. The van der Waals surface area contributed by atoms with Crippen LogP contribution in [0.1, 0.15) is 18.4 Å². The number of rotatable bonds is 10. The van der Waals surface area contributed by atoms with Crippen molar-refractivity contribution in [1.29, 1.82) is 0 Å². The Hall–Kier alpha value is -0.900. The van der Waals surface area contributed by atoms with Crippen molar-refractivity contribution in [2.24, 2.45) is 5.73 Å². The lowest BCUT2D eigenvalue weighted by atomic mass is 10.1. The zero-order valence-corrected chi connectivity index (χ0v) is 10.6. The Morgan fingerprint density at radius 2 is 1.47 bits per heavy atom. The van der Waals surface area contributed by atoms with Crippen molar-refractivity contribution in [1.82, 2.24) is 10.6 Å². The number of hydrogen-bond donors (Lipinski definition) is 3. The molecule has 0 fully saturated rings. The van der Waals surface area contributed by atoms with Crippen LogP contribution in [0.2, 0.25) is 0 Å². The summed E-state index contributed by atoms with van der Waals surface area (Å²) in [6.45, 7) is 4.97. The molecule has 1 aromatic carbocycles. The van der Waals surface area contributed by atoms with Crippen molar-refractivity contribution >= 4 is 0 Å². The Morgan fingerprint density at radius 1 is 0.824 bits per heavy atom. The highest BCUT2D eigenvalue weighted by atomic mass is 14.9. The molecule has 0 aliphatic heterocycles. The lowest BCUT2D eigenvalue weighted by molar-refractivity contribution is 0.588. The molecule has 0 aliphatic rings. The summed E-state index contributed by atoms with van der Waals surface area (Å²) in [5.74, 6) is 0. The molecule has 0 spiro atoms. The van der Waals surface area contributed by atoms with Gasteiger partial charge < -0.3 is 16.4 Å². The van der Waals surface area contributed by atoms with Gasteiger partial charge >= 0.3 is 0 Å². The van der Waals surface area contributed by atoms with Gasteiger partial charge in [-0.05, 0) is 44.5 Å². The second-order valence-electron chi connectivity index (χ2n) is 4.23. The molecule has 0 saturated carbocycles. The van der Waals surface area contributed by atoms with E-state index < -0.39 is 0 Å². The predicted molar refractivity (Wildman–Crippen MR) is 74.2 cm³/mol. The summed E-state index contributed by atoms with van der Waals surface area (Å²) in [6, 6.07) is 10.6. The van der Waals surface area contributed by atoms with Gasteiger partial charge in [-0.2, -0.15) is 0 Å². The van der Waals surface area contributed by atoms with Crippen LogP contribution in [0.3, 0.4) is 0 Å². The maximum absolute atomic E-state index is 5.41. The molecule has 3 heteroatoms. The lowest BCUT2D eigenvalue weighted by Gasteiger charge is -2.06.